The first kappa shape index (κ1) is 17.2. The third-order valence-electron chi connectivity index (χ3n) is 3.19. The summed E-state index contributed by atoms with van der Waals surface area (Å²) in [6.07, 6.45) is 0. The molecule has 0 fully saturated rings. The SMILES string of the molecule is COC(=O)c1ccc(CNC(=O)c2cccc(OC(C)=O)c2)cc1. The lowest BCUT2D eigenvalue weighted by molar-refractivity contribution is -0.131. The van der Waals surface area contributed by atoms with E-state index in [1.54, 1.807) is 42.5 Å². The number of amides is 1. The Labute approximate surface area is 139 Å². The van der Waals surface area contributed by atoms with Crippen LogP contribution in [-0.2, 0) is 16.1 Å². The highest BCUT2D eigenvalue weighted by molar-refractivity contribution is 5.94. The third kappa shape index (κ3) is 4.67. The summed E-state index contributed by atoms with van der Waals surface area (Å²) in [6.45, 7) is 1.60. The average Bonchev–Trinajstić information content (AvgIpc) is 2.59. The van der Waals surface area contributed by atoms with E-state index in [9.17, 15) is 14.4 Å². The molecule has 0 aromatic heterocycles. The van der Waals surface area contributed by atoms with E-state index < -0.39 is 11.9 Å². The fourth-order valence-corrected chi connectivity index (χ4v) is 2.03. The zero-order valence-electron chi connectivity index (χ0n) is 13.4. The van der Waals surface area contributed by atoms with Crippen molar-refractivity contribution >= 4 is 17.8 Å². The van der Waals surface area contributed by atoms with Crippen LogP contribution in [0, 0.1) is 0 Å². The summed E-state index contributed by atoms with van der Waals surface area (Å²) in [5.41, 5.74) is 1.67. The molecule has 0 spiro atoms. The van der Waals surface area contributed by atoms with E-state index in [1.807, 2.05) is 0 Å². The first-order valence-electron chi connectivity index (χ1n) is 7.23. The van der Waals surface area contributed by atoms with E-state index in [2.05, 4.69) is 10.1 Å². The number of hydrogen-bond acceptors (Lipinski definition) is 5. The van der Waals surface area contributed by atoms with Crippen molar-refractivity contribution in [2.45, 2.75) is 13.5 Å². The summed E-state index contributed by atoms with van der Waals surface area (Å²) in [5.74, 6) is -0.829. The van der Waals surface area contributed by atoms with Gasteiger partial charge in [0.2, 0.25) is 0 Å². The number of carbonyl (C=O) groups is 3. The molecule has 0 radical (unpaired) electrons. The van der Waals surface area contributed by atoms with Crippen LogP contribution >= 0.6 is 0 Å². The summed E-state index contributed by atoms with van der Waals surface area (Å²) in [6, 6.07) is 13.1. The molecule has 0 saturated carbocycles. The summed E-state index contributed by atoms with van der Waals surface area (Å²) >= 11 is 0. The van der Waals surface area contributed by atoms with Crippen LogP contribution in [0.3, 0.4) is 0 Å². The number of methoxy groups -OCH3 is 1. The lowest BCUT2D eigenvalue weighted by Gasteiger charge is -2.07. The van der Waals surface area contributed by atoms with Gasteiger partial charge in [0.1, 0.15) is 5.75 Å². The molecule has 2 rings (SSSR count). The molecule has 0 aliphatic rings. The van der Waals surface area contributed by atoms with Gasteiger partial charge < -0.3 is 14.8 Å². The smallest absolute Gasteiger partial charge is 0.337 e. The molecule has 0 saturated heterocycles. The predicted octanol–water partition coefficient (Wildman–Crippen LogP) is 2.33. The van der Waals surface area contributed by atoms with Crippen molar-refractivity contribution in [1.82, 2.24) is 5.32 Å². The summed E-state index contributed by atoms with van der Waals surface area (Å²) in [4.78, 5) is 34.5. The highest BCUT2D eigenvalue weighted by Crippen LogP contribution is 2.14. The minimum atomic E-state index is -0.446. The molecule has 2 aromatic carbocycles. The Morgan fingerprint density at radius 1 is 1.00 bits per heavy atom. The van der Waals surface area contributed by atoms with Crippen LogP contribution in [-0.4, -0.2) is 25.0 Å². The van der Waals surface area contributed by atoms with Crippen molar-refractivity contribution < 1.29 is 23.9 Å². The quantitative estimate of drug-likeness (QED) is 0.673. The molecule has 0 heterocycles. The van der Waals surface area contributed by atoms with Gasteiger partial charge >= 0.3 is 11.9 Å². The molecule has 0 aliphatic carbocycles. The van der Waals surface area contributed by atoms with Gasteiger partial charge in [-0.25, -0.2) is 4.79 Å². The molecule has 24 heavy (non-hydrogen) atoms. The Kier molecular flexibility index (Phi) is 5.68. The van der Waals surface area contributed by atoms with E-state index in [0.717, 1.165) is 5.56 Å². The molecule has 2 aromatic rings. The fourth-order valence-electron chi connectivity index (χ4n) is 2.03. The maximum atomic E-state index is 12.2. The van der Waals surface area contributed by atoms with Gasteiger partial charge in [0.25, 0.3) is 5.91 Å². The first-order chi connectivity index (χ1) is 11.5. The summed E-state index contributed by atoms with van der Waals surface area (Å²) in [5, 5.41) is 2.76. The van der Waals surface area contributed by atoms with Crippen LogP contribution in [0.1, 0.15) is 33.2 Å². The summed E-state index contributed by atoms with van der Waals surface area (Å²) in [7, 11) is 1.32. The maximum absolute atomic E-state index is 12.2. The Balaban J connectivity index is 1.97. The van der Waals surface area contributed by atoms with Crippen molar-refractivity contribution in [3.8, 4) is 5.75 Å². The average molecular weight is 327 g/mol. The van der Waals surface area contributed by atoms with Crippen molar-refractivity contribution in [3.05, 3.63) is 65.2 Å². The topological polar surface area (TPSA) is 81.7 Å². The van der Waals surface area contributed by atoms with E-state index in [0.29, 0.717) is 23.4 Å². The molecule has 1 amide bonds. The number of benzene rings is 2. The molecular weight excluding hydrogens is 310 g/mol. The lowest BCUT2D eigenvalue weighted by atomic mass is 10.1. The highest BCUT2D eigenvalue weighted by Gasteiger charge is 2.08. The zero-order chi connectivity index (χ0) is 17.5. The number of ether oxygens (including phenoxy) is 2. The van der Waals surface area contributed by atoms with E-state index in [4.69, 9.17) is 4.74 Å². The van der Waals surface area contributed by atoms with Gasteiger partial charge in [-0.3, -0.25) is 9.59 Å². The third-order valence-corrected chi connectivity index (χ3v) is 3.19. The van der Waals surface area contributed by atoms with Crippen LogP contribution in [0.2, 0.25) is 0 Å². The molecule has 1 N–H and O–H groups in total. The second-order valence-electron chi connectivity index (χ2n) is 4.99. The predicted molar refractivity (Wildman–Crippen MR) is 86.7 cm³/mol. The molecule has 124 valence electrons. The number of nitrogens with one attached hydrogen (secondary N) is 1. The van der Waals surface area contributed by atoms with Crippen molar-refractivity contribution in [3.63, 3.8) is 0 Å². The van der Waals surface area contributed by atoms with Crippen molar-refractivity contribution in [2.24, 2.45) is 0 Å². The van der Waals surface area contributed by atoms with Crippen molar-refractivity contribution in [2.75, 3.05) is 7.11 Å². The molecule has 0 unspecified atom stereocenters. The molecule has 0 aliphatic heterocycles. The van der Waals surface area contributed by atoms with Gasteiger partial charge in [0.05, 0.1) is 12.7 Å². The minimum Gasteiger partial charge on any atom is -0.465 e. The normalized spacial score (nSPS) is 9.92. The Morgan fingerprint density at radius 3 is 2.33 bits per heavy atom. The molecule has 6 heteroatoms. The Hall–Kier alpha value is -3.15. The Bertz CT molecular complexity index is 752. The minimum absolute atomic E-state index is 0.291. The highest BCUT2D eigenvalue weighted by atomic mass is 16.5. The van der Waals surface area contributed by atoms with Crippen LogP contribution in [0.5, 0.6) is 5.75 Å². The standard InChI is InChI=1S/C18H17NO5/c1-12(20)24-16-5-3-4-15(10-16)17(21)19-11-13-6-8-14(9-7-13)18(22)23-2/h3-10H,11H2,1-2H3,(H,19,21). The number of hydrogen-bond donors (Lipinski definition) is 1. The molecule has 6 nitrogen and oxygen atoms in total. The number of esters is 2. The lowest BCUT2D eigenvalue weighted by Crippen LogP contribution is -2.22. The van der Waals surface area contributed by atoms with Gasteiger partial charge in [-0.05, 0) is 35.9 Å². The van der Waals surface area contributed by atoms with Gasteiger partial charge in [0, 0.05) is 19.0 Å². The zero-order valence-corrected chi connectivity index (χ0v) is 13.4. The van der Waals surface area contributed by atoms with Gasteiger partial charge in [0.15, 0.2) is 0 Å². The second-order valence-corrected chi connectivity index (χ2v) is 4.99. The van der Waals surface area contributed by atoms with Gasteiger partial charge in [-0.1, -0.05) is 18.2 Å². The van der Waals surface area contributed by atoms with Crippen LogP contribution < -0.4 is 10.1 Å². The largest absolute Gasteiger partial charge is 0.465 e. The molecular formula is C18H17NO5. The van der Waals surface area contributed by atoms with Crippen LogP contribution in [0.15, 0.2) is 48.5 Å². The second kappa shape index (κ2) is 7.92. The van der Waals surface area contributed by atoms with Crippen LogP contribution in [0.25, 0.3) is 0 Å². The number of carbonyl (C=O) groups excluding carboxylic acids is 3. The summed E-state index contributed by atoms with van der Waals surface area (Å²) < 4.78 is 9.58. The molecule has 0 atom stereocenters. The Morgan fingerprint density at radius 2 is 1.71 bits per heavy atom. The number of rotatable bonds is 5. The van der Waals surface area contributed by atoms with E-state index in [1.165, 1.54) is 20.1 Å². The van der Waals surface area contributed by atoms with E-state index >= 15 is 0 Å². The van der Waals surface area contributed by atoms with Crippen LogP contribution in [0.4, 0.5) is 0 Å². The monoisotopic (exact) mass is 327 g/mol. The van der Waals surface area contributed by atoms with Crippen molar-refractivity contribution in [1.29, 1.82) is 0 Å². The molecule has 0 bridgehead atoms. The fraction of sp³-hybridized carbons (Fsp3) is 0.167. The maximum Gasteiger partial charge on any atom is 0.337 e. The van der Waals surface area contributed by atoms with E-state index in [-0.39, 0.29) is 5.91 Å². The van der Waals surface area contributed by atoms with Gasteiger partial charge in [-0.15, -0.1) is 0 Å². The first-order valence-corrected chi connectivity index (χ1v) is 7.23. The van der Waals surface area contributed by atoms with Gasteiger partial charge in [-0.2, -0.15) is 0 Å².